The Labute approximate surface area is 219 Å². The van der Waals surface area contributed by atoms with Crippen molar-refractivity contribution in [3.63, 3.8) is 0 Å². The van der Waals surface area contributed by atoms with Gasteiger partial charge in [-0.25, -0.2) is 15.0 Å². The number of hydrogen-bond donors (Lipinski definition) is 1. The molecule has 0 spiro atoms. The van der Waals surface area contributed by atoms with Gasteiger partial charge in [0, 0.05) is 23.7 Å². The summed E-state index contributed by atoms with van der Waals surface area (Å²) in [5.74, 6) is 7.68. The third-order valence-corrected chi connectivity index (χ3v) is 8.25. The van der Waals surface area contributed by atoms with Crippen molar-refractivity contribution in [3.05, 3.63) is 77.0 Å². The van der Waals surface area contributed by atoms with Crippen molar-refractivity contribution in [1.29, 1.82) is 0 Å². The SMILES string of the molecule is CSCCCOc1cc(C)c(-c2cccc(COc3ccc(C4CC(=O)N(N)S4=O)cc3)c2)c(C)n1. The Kier molecular flexibility index (Phi) is 8.66. The van der Waals surface area contributed by atoms with Gasteiger partial charge >= 0.3 is 0 Å². The predicted molar refractivity (Wildman–Crippen MR) is 145 cm³/mol. The topological polar surface area (TPSA) is 94.8 Å². The molecule has 2 aromatic carbocycles. The smallest absolute Gasteiger partial charge is 0.250 e. The molecule has 2 unspecified atom stereocenters. The summed E-state index contributed by atoms with van der Waals surface area (Å²) >= 11 is 1.81. The lowest BCUT2D eigenvalue weighted by Crippen LogP contribution is -2.32. The highest BCUT2D eigenvalue weighted by Crippen LogP contribution is 2.33. The van der Waals surface area contributed by atoms with E-state index in [1.165, 1.54) is 0 Å². The molecule has 2 atom stereocenters. The summed E-state index contributed by atoms with van der Waals surface area (Å²) < 4.78 is 24.9. The summed E-state index contributed by atoms with van der Waals surface area (Å²) in [6, 6.07) is 17.6. The van der Waals surface area contributed by atoms with Crippen LogP contribution in [0.5, 0.6) is 11.6 Å². The van der Waals surface area contributed by atoms with Crippen LogP contribution in [0.15, 0.2) is 54.6 Å². The highest BCUT2D eigenvalue weighted by molar-refractivity contribution is 7.98. The molecular formula is C27H31N3O4S2. The zero-order valence-electron chi connectivity index (χ0n) is 20.7. The van der Waals surface area contributed by atoms with E-state index >= 15 is 0 Å². The standard InChI is InChI=1S/C27H31N3O4S2/c1-18-14-25(33-12-5-13-35-3)29-19(2)27(18)22-7-4-6-20(15-22)17-34-23-10-8-21(9-11-23)24-16-26(31)30(28)36(24)32/h4,6-11,14-15,24H,5,12-13,16-17,28H2,1-3H3. The number of benzene rings is 2. The van der Waals surface area contributed by atoms with Gasteiger partial charge in [-0.3, -0.25) is 4.79 Å². The molecule has 0 saturated carbocycles. The maximum absolute atomic E-state index is 12.2. The zero-order chi connectivity index (χ0) is 25.7. The second kappa shape index (κ2) is 11.9. The third kappa shape index (κ3) is 6.08. The second-order valence-electron chi connectivity index (χ2n) is 8.68. The van der Waals surface area contributed by atoms with Crippen molar-refractivity contribution in [2.45, 2.75) is 38.5 Å². The molecule has 7 nitrogen and oxygen atoms in total. The molecule has 1 saturated heterocycles. The summed E-state index contributed by atoms with van der Waals surface area (Å²) in [7, 11) is -1.55. The van der Waals surface area contributed by atoms with E-state index in [0.717, 1.165) is 50.1 Å². The van der Waals surface area contributed by atoms with Crippen LogP contribution in [-0.2, 0) is 22.4 Å². The van der Waals surface area contributed by atoms with Crippen LogP contribution in [0.25, 0.3) is 11.1 Å². The van der Waals surface area contributed by atoms with E-state index < -0.39 is 16.2 Å². The lowest BCUT2D eigenvalue weighted by molar-refractivity contribution is -0.125. The van der Waals surface area contributed by atoms with Crippen molar-refractivity contribution in [2.24, 2.45) is 5.84 Å². The Hall–Kier alpha value is -2.88. The van der Waals surface area contributed by atoms with Gasteiger partial charge in [0.2, 0.25) is 11.8 Å². The summed E-state index contributed by atoms with van der Waals surface area (Å²) in [6.45, 7) is 5.16. The minimum absolute atomic E-state index is 0.148. The quantitative estimate of drug-likeness (QED) is 0.229. The van der Waals surface area contributed by atoms with E-state index in [1.807, 2.05) is 61.2 Å². The fourth-order valence-electron chi connectivity index (χ4n) is 4.24. The number of ether oxygens (including phenoxy) is 2. The number of nitrogens with zero attached hydrogens (tertiary/aromatic N) is 2. The van der Waals surface area contributed by atoms with Gasteiger partial charge in [0.1, 0.15) is 23.3 Å². The molecule has 1 aliphatic rings. The van der Waals surface area contributed by atoms with E-state index in [2.05, 4.69) is 30.3 Å². The van der Waals surface area contributed by atoms with E-state index in [9.17, 15) is 9.00 Å². The monoisotopic (exact) mass is 525 g/mol. The fraction of sp³-hybridized carbons (Fsp3) is 0.333. The number of carbonyl (C=O) groups excluding carboxylic acids is 1. The van der Waals surface area contributed by atoms with Gasteiger partial charge < -0.3 is 9.47 Å². The lowest BCUT2D eigenvalue weighted by atomic mass is 9.98. The van der Waals surface area contributed by atoms with Crippen molar-refractivity contribution >= 4 is 28.7 Å². The predicted octanol–water partition coefficient (Wildman–Crippen LogP) is 4.89. The molecule has 36 heavy (non-hydrogen) atoms. The Morgan fingerprint density at radius 2 is 1.92 bits per heavy atom. The minimum Gasteiger partial charge on any atom is -0.489 e. The van der Waals surface area contributed by atoms with Gasteiger partial charge in [-0.05, 0) is 72.7 Å². The molecule has 1 aliphatic heterocycles. The molecule has 1 amide bonds. The Morgan fingerprint density at radius 3 is 2.58 bits per heavy atom. The van der Waals surface area contributed by atoms with Crippen molar-refractivity contribution in [1.82, 2.24) is 9.40 Å². The number of aromatic nitrogens is 1. The molecule has 0 radical (unpaired) electrons. The van der Waals surface area contributed by atoms with E-state index in [4.69, 9.17) is 15.3 Å². The maximum atomic E-state index is 12.2. The number of hydrazine groups is 1. The van der Waals surface area contributed by atoms with Crippen LogP contribution >= 0.6 is 11.8 Å². The van der Waals surface area contributed by atoms with Crippen LogP contribution < -0.4 is 15.3 Å². The van der Waals surface area contributed by atoms with Gasteiger partial charge in [-0.2, -0.15) is 16.2 Å². The van der Waals surface area contributed by atoms with Gasteiger partial charge in [-0.1, -0.05) is 30.3 Å². The van der Waals surface area contributed by atoms with Gasteiger partial charge in [0.25, 0.3) is 0 Å². The molecule has 2 heterocycles. The highest BCUT2D eigenvalue weighted by atomic mass is 32.2. The summed E-state index contributed by atoms with van der Waals surface area (Å²) in [6.07, 6.45) is 3.24. The van der Waals surface area contributed by atoms with Crippen LogP contribution in [-0.4, -0.2) is 38.1 Å². The fourth-order valence-corrected chi connectivity index (χ4v) is 5.87. The molecule has 3 aromatic rings. The third-order valence-electron chi connectivity index (χ3n) is 6.03. The average molecular weight is 526 g/mol. The summed E-state index contributed by atoms with van der Waals surface area (Å²) in [5, 5.41) is -0.416. The molecular weight excluding hydrogens is 494 g/mol. The number of rotatable bonds is 10. The van der Waals surface area contributed by atoms with Gasteiger partial charge in [0.05, 0.1) is 11.9 Å². The first-order valence-corrected chi connectivity index (χ1v) is 14.3. The number of hydrogen-bond acceptors (Lipinski definition) is 7. The van der Waals surface area contributed by atoms with Gasteiger partial charge in [0.15, 0.2) is 0 Å². The molecule has 190 valence electrons. The van der Waals surface area contributed by atoms with Gasteiger partial charge in [-0.15, -0.1) is 0 Å². The summed E-state index contributed by atoms with van der Waals surface area (Å²) in [5.41, 5.74) is 6.08. The Morgan fingerprint density at radius 1 is 1.14 bits per heavy atom. The lowest BCUT2D eigenvalue weighted by Gasteiger charge is -2.14. The minimum atomic E-state index is -1.55. The van der Waals surface area contributed by atoms with E-state index in [-0.39, 0.29) is 12.3 Å². The van der Waals surface area contributed by atoms with Crippen molar-refractivity contribution < 1.29 is 18.5 Å². The number of thioether (sulfide) groups is 1. The van der Waals surface area contributed by atoms with Crippen LogP contribution in [0.1, 0.15) is 40.5 Å². The first kappa shape index (κ1) is 26.2. The largest absolute Gasteiger partial charge is 0.489 e. The van der Waals surface area contributed by atoms with Crippen LogP contribution in [0.3, 0.4) is 0 Å². The first-order chi connectivity index (χ1) is 17.4. The normalized spacial score (nSPS) is 17.4. The highest BCUT2D eigenvalue weighted by Gasteiger charge is 2.36. The molecule has 2 N–H and O–H groups in total. The van der Waals surface area contributed by atoms with Crippen LogP contribution in [0, 0.1) is 13.8 Å². The number of nitrogens with two attached hydrogens (primary N) is 1. The van der Waals surface area contributed by atoms with Crippen LogP contribution in [0.4, 0.5) is 0 Å². The van der Waals surface area contributed by atoms with Crippen molar-refractivity contribution in [3.8, 4) is 22.8 Å². The van der Waals surface area contributed by atoms with Crippen molar-refractivity contribution in [2.75, 3.05) is 18.6 Å². The van der Waals surface area contributed by atoms with Crippen LogP contribution in [0.2, 0.25) is 0 Å². The molecule has 9 heteroatoms. The number of amides is 1. The van der Waals surface area contributed by atoms with E-state index in [1.54, 1.807) is 0 Å². The number of aryl methyl sites for hydroxylation is 2. The molecule has 0 aliphatic carbocycles. The summed E-state index contributed by atoms with van der Waals surface area (Å²) in [4.78, 5) is 16.4. The van der Waals surface area contributed by atoms with E-state index in [0.29, 0.717) is 24.8 Å². The Bertz CT molecular complexity index is 1230. The maximum Gasteiger partial charge on any atom is 0.250 e. The first-order valence-electron chi connectivity index (χ1n) is 11.8. The number of carbonyl (C=O) groups is 1. The zero-order valence-corrected chi connectivity index (χ0v) is 22.4. The number of pyridine rings is 1. The second-order valence-corrected chi connectivity index (χ2v) is 11.2. The molecule has 0 bridgehead atoms. The Balaban J connectivity index is 1.41. The molecule has 4 rings (SSSR count). The molecule has 1 aromatic heterocycles. The average Bonchev–Trinajstić information content (AvgIpc) is 3.13. The molecule has 1 fully saturated rings.